The van der Waals surface area contributed by atoms with Gasteiger partial charge in [0.25, 0.3) is 0 Å². The summed E-state index contributed by atoms with van der Waals surface area (Å²) in [5.74, 6) is -0.591. The molecule has 5 heteroatoms. The summed E-state index contributed by atoms with van der Waals surface area (Å²) in [6, 6.07) is 0. The molecule has 0 amide bonds. The predicted octanol–water partition coefficient (Wildman–Crippen LogP) is -1.97. The van der Waals surface area contributed by atoms with Gasteiger partial charge in [-0.3, -0.25) is 4.79 Å². The number of Topliss-reactive ketones (excluding diaryl/α,β-unsaturated/α-hetero) is 1. The minimum Gasteiger partial charge on any atom is -0.387 e. The molecule has 0 saturated carbocycles. The van der Waals surface area contributed by atoms with Crippen molar-refractivity contribution in [2.24, 2.45) is 0 Å². The van der Waals surface area contributed by atoms with E-state index in [9.17, 15) is 4.79 Å². The lowest BCUT2D eigenvalue weighted by Crippen LogP contribution is -2.50. The van der Waals surface area contributed by atoms with Crippen molar-refractivity contribution in [3.8, 4) is 0 Å². The topological polar surface area (TPSA) is 76.0 Å². The first kappa shape index (κ1) is 7.17. The Morgan fingerprint density at radius 1 is 1.45 bits per heavy atom. The van der Waals surface area contributed by atoms with Crippen molar-refractivity contribution in [3.05, 3.63) is 0 Å². The number of hydrogen-bond donors (Lipinski definition) is 2. The van der Waals surface area contributed by atoms with Crippen LogP contribution >= 0.6 is 0 Å². The van der Waals surface area contributed by atoms with E-state index in [2.05, 4.69) is 0 Å². The Bertz CT molecular complexity index is 191. The standard InChI is InChI=1S/C6H8O5/c7-3-2-1-10-6(11-2)5(9)4(3)8/h2-4,6-8H,1H2/t2-,3-,4?,6-/m1/s1. The maximum Gasteiger partial charge on any atom is 0.221 e. The van der Waals surface area contributed by atoms with Crippen molar-refractivity contribution in [2.75, 3.05) is 6.61 Å². The summed E-state index contributed by atoms with van der Waals surface area (Å²) in [7, 11) is 0. The van der Waals surface area contributed by atoms with Gasteiger partial charge in [-0.1, -0.05) is 0 Å². The highest BCUT2D eigenvalue weighted by Crippen LogP contribution is 2.24. The van der Waals surface area contributed by atoms with Crippen molar-refractivity contribution in [1.82, 2.24) is 0 Å². The Labute approximate surface area is 62.5 Å². The van der Waals surface area contributed by atoms with Crippen LogP contribution in [0.3, 0.4) is 0 Å². The molecular weight excluding hydrogens is 152 g/mol. The van der Waals surface area contributed by atoms with Gasteiger partial charge >= 0.3 is 0 Å². The van der Waals surface area contributed by atoms with Gasteiger partial charge in [0.05, 0.1) is 6.61 Å². The van der Waals surface area contributed by atoms with Crippen LogP contribution in [0.1, 0.15) is 0 Å². The van der Waals surface area contributed by atoms with E-state index in [-0.39, 0.29) is 6.61 Å². The lowest BCUT2D eigenvalue weighted by molar-refractivity contribution is -0.182. The second-order valence-corrected chi connectivity index (χ2v) is 2.68. The third kappa shape index (κ3) is 0.893. The molecule has 0 aromatic rings. The zero-order valence-corrected chi connectivity index (χ0v) is 5.64. The first-order valence-electron chi connectivity index (χ1n) is 3.37. The van der Waals surface area contributed by atoms with Crippen molar-refractivity contribution in [1.29, 1.82) is 0 Å². The van der Waals surface area contributed by atoms with E-state index in [0.29, 0.717) is 0 Å². The van der Waals surface area contributed by atoms with Gasteiger partial charge in [-0.2, -0.15) is 0 Å². The molecule has 1 unspecified atom stereocenters. The van der Waals surface area contributed by atoms with Crippen LogP contribution < -0.4 is 0 Å². The number of hydrogen-bond acceptors (Lipinski definition) is 5. The molecule has 62 valence electrons. The second-order valence-electron chi connectivity index (χ2n) is 2.68. The van der Waals surface area contributed by atoms with Crippen LogP contribution in [0.15, 0.2) is 0 Å². The minimum absolute atomic E-state index is 0.175. The van der Waals surface area contributed by atoms with Crippen molar-refractivity contribution in [3.63, 3.8) is 0 Å². The highest BCUT2D eigenvalue weighted by Gasteiger charge is 2.48. The molecule has 0 spiro atoms. The van der Waals surface area contributed by atoms with E-state index in [1.807, 2.05) is 0 Å². The summed E-state index contributed by atoms with van der Waals surface area (Å²) >= 11 is 0. The maximum atomic E-state index is 10.9. The fourth-order valence-electron chi connectivity index (χ4n) is 1.26. The van der Waals surface area contributed by atoms with Crippen molar-refractivity contribution >= 4 is 5.78 Å². The summed E-state index contributed by atoms with van der Waals surface area (Å²) in [5.41, 5.74) is 0. The molecule has 0 aromatic heterocycles. The second kappa shape index (κ2) is 2.25. The summed E-state index contributed by atoms with van der Waals surface area (Å²) in [4.78, 5) is 10.9. The summed E-state index contributed by atoms with van der Waals surface area (Å²) < 4.78 is 9.75. The Morgan fingerprint density at radius 2 is 2.18 bits per heavy atom. The molecule has 2 heterocycles. The Balaban J connectivity index is 2.23. The van der Waals surface area contributed by atoms with Gasteiger partial charge in [-0.05, 0) is 0 Å². The predicted molar refractivity (Wildman–Crippen MR) is 31.6 cm³/mol. The molecule has 2 saturated heterocycles. The molecule has 2 aliphatic rings. The third-order valence-electron chi connectivity index (χ3n) is 1.94. The first-order chi connectivity index (χ1) is 5.20. The van der Waals surface area contributed by atoms with Crippen LogP contribution in [-0.2, 0) is 14.3 Å². The van der Waals surface area contributed by atoms with Crippen LogP contribution in [0, 0.1) is 0 Å². The summed E-state index contributed by atoms with van der Waals surface area (Å²) in [5, 5.41) is 18.2. The fourth-order valence-corrected chi connectivity index (χ4v) is 1.26. The Kier molecular flexibility index (Phi) is 1.47. The molecule has 0 aromatic carbocycles. The number of ether oxygens (including phenoxy) is 2. The van der Waals surface area contributed by atoms with E-state index in [1.165, 1.54) is 0 Å². The number of carbonyl (C=O) groups excluding carboxylic acids is 1. The molecule has 5 nitrogen and oxygen atoms in total. The lowest BCUT2D eigenvalue weighted by atomic mass is 10.0. The van der Waals surface area contributed by atoms with Crippen LogP contribution in [0.25, 0.3) is 0 Å². The zero-order valence-electron chi connectivity index (χ0n) is 5.64. The third-order valence-corrected chi connectivity index (χ3v) is 1.94. The Hall–Kier alpha value is -0.490. The Morgan fingerprint density at radius 3 is 2.91 bits per heavy atom. The molecule has 0 radical (unpaired) electrons. The number of rotatable bonds is 0. The van der Waals surface area contributed by atoms with Gasteiger partial charge in [-0.15, -0.1) is 0 Å². The van der Waals surface area contributed by atoms with Crippen LogP contribution in [0.2, 0.25) is 0 Å². The van der Waals surface area contributed by atoms with E-state index in [0.717, 1.165) is 0 Å². The largest absolute Gasteiger partial charge is 0.387 e. The average Bonchev–Trinajstić information content (AvgIpc) is 2.44. The minimum atomic E-state index is -1.35. The van der Waals surface area contributed by atoms with Gasteiger partial charge in [0.1, 0.15) is 18.3 Å². The number of carbonyl (C=O) groups is 1. The van der Waals surface area contributed by atoms with Gasteiger partial charge in [0.2, 0.25) is 12.1 Å². The van der Waals surface area contributed by atoms with E-state index in [1.54, 1.807) is 0 Å². The zero-order chi connectivity index (χ0) is 8.01. The van der Waals surface area contributed by atoms with Crippen LogP contribution in [0.4, 0.5) is 0 Å². The van der Waals surface area contributed by atoms with Gasteiger partial charge in [0.15, 0.2) is 0 Å². The highest BCUT2D eigenvalue weighted by atomic mass is 16.7. The number of aliphatic hydroxyl groups excluding tert-OH is 2. The SMILES string of the molecule is O=C1C(O)[C@H](O)[C@H]2CO[C@@H]1O2. The molecule has 2 fully saturated rings. The molecule has 2 bridgehead atoms. The molecule has 11 heavy (non-hydrogen) atoms. The van der Waals surface area contributed by atoms with E-state index >= 15 is 0 Å². The maximum absolute atomic E-state index is 10.9. The van der Waals surface area contributed by atoms with Gasteiger partial charge < -0.3 is 19.7 Å². The number of ketones is 1. The van der Waals surface area contributed by atoms with Crippen LogP contribution in [-0.4, -0.2) is 47.2 Å². The molecule has 2 N–H and O–H groups in total. The molecule has 2 rings (SSSR count). The van der Waals surface area contributed by atoms with Crippen molar-refractivity contribution in [2.45, 2.75) is 24.6 Å². The normalized spacial score (nSPS) is 49.8. The van der Waals surface area contributed by atoms with E-state index < -0.39 is 30.4 Å². The quantitative estimate of drug-likeness (QED) is 0.430. The average molecular weight is 160 g/mol. The monoisotopic (exact) mass is 160 g/mol. The lowest BCUT2D eigenvalue weighted by Gasteiger charge is -2.26. The number of aliphatic hydroxyl groups is 2. The van der Waals surface area contributed by atoms with Crippen molar-refractivity contribution < 1.29 is 24.5 Å². The van der Waals surface area contributed by atoms with Gasteiger partial charge in [0, 0.05) is 0 Å². The van der Waals surface area contributed by atoms with Crippen LogP contribution in [0.5, 0.6) is 0 Å². The fraction of sp³-hybridized carbons (Fsp3) is 0.833. The molecular formula is C6H8O5. The highest BCUT2D eigenvalue weighted by molar-refractivity contribution is 5.87. The summed E-state index contributed by atoms with van der Waals surface area (Å²) in [6.07, 6.45) is -3.99. The van der Waals surface area contributed by atoms with Gasteiger partial charge in [-0.25, -0.2) is 0 Å². The molecule has 0 aliphatic carbocycles. The molecule has 4 atom stereocenters. The summed E-state index contributed by atoms with van der Waals surface area (Å²) in [6.45, 7) is 0.175. The number of fused-ring (bicyclic) bond motifs is 2. The smallest absolute Gasteiger partial charge is 0.221 e. The molecule has 2 aliphatic heterocycles. The van der Waals surface area contributed by atoms with E-state index in [4.69, 9.17) is 19.7 Å². The first-order valence-corrected chi connectivity index (χ1v) is 3.37.